The third-order valence-corrected chi connectivity index (χ3v) is 10.6. The average molecular weight is 608 g/mol. The predicted molar refractivity (Wildman–Crippen MR) is 192 cm³/mol. The smallest absolute Gasteiger partial charge is 0.160 e. The van der Waals surface area contributed by atoms with Gasteiger partial charge in [0, 0.05) is 60.2 Å². The Morgan fingerprint density at radius 2 is 1.17 bits per heavy atom. The van der Waals surface area contributed by atoms with Crippen molar-refractivity contribution in [1.29, 1.82) is 0 Å². The molecular weight excluding hydrogens is 579 g/mol. The van der Waals surface area contributed by atoms with Crippen LogP contribution in [0.2, 0.25) is 0 Å². The predicted octanol–water partition coefficient (Wildman–Crippen LogP) is 11.2. The Balaban J connectivity index is 1.24. The Morgan fingerprint density at radius 3 is 2.04 bits per heavy atom. The van der Waals surface area contributed by atoms with Crippen LogP contribution >= 0.6 is 11.3 Å². The monoisotopic (exact) mass is 607 g/mol. The van der Waals surface area contributed by atoms with Gasteiger partial charge in [-0.25, -0.2) is 9.97 Å². The summed E-state index contributed by atoms with van der Waals surface area (Å²) in [5.41, 5.74) is 12.2. The molecule has 0 bridgehead atoms. The number of benzene rings is 5. The summed E-state index contributed by atoms with van der Waals surface area (Å²) in [7, 11) is 0. The van der Waals surface area contributed by atoms with E-state index < -0.39 is 0 Å². The first-order chi connectivity index (χ1) is 22.6. The molecule has 0 unspecified atom stereocenters. The van der Waals surface area contributed by atoms with Crippen molar-refractivity contribution < 1.29 is 0 Å². The maximum atomic E-state index is 5.38. The molecule has 0 aliphatic heterocycles. The van der Waals surface area contributed by atoms with Crippen LogP contribution in [0.1, 0.15) is 25.0 Å². The molecule has 1 aliphatic rings. The molecule has 8 aromatic rings. The molecule has 0 saturated carbocycles. The summed E-state index contributed by atoms with van der Waals surface area (Å²) in [6.07, 6.45) is 3.65. The van der Waals surface area contributed by atoms with Crippen molar-refractivity contribution in [2.24, 2.45) is 0 Å². The van der Waals surface area contributed by atoms with Gasteiger partial charge in [-0.2, -0.15) is 0 Å². The second-order valence-corrected chi connectivity index (χ2v) is 13.5. The Bertz CT molecular complexity index is 2440. The molecule has 5 aromatic carbocycles. The second kappa shape index (κ2) is 10.3. The normalized spacial score (nSPS) is 13.2. The number of pyridine rings is 1. The summed E-state index contributed by atoms with van der Waals surface area (Å²) in [5, 5.41) is 2.62. The lowest BCUT2D eigenvalue weighted by Gasteiger charge is -2.24. The Kier molecular flexibility index (Phi) is 6.02. The van der Waals surface area contributed by atoms with Crippen molar-refractivity contribution in [3.05, 3.63) is 151 Å². The van der Waals surface area contributed by atoms with E-state index in [-0.39, 0.29) is 5.41 Å². The minimum absolute atomic E-state index is 0.244. The van der Waals surface area contributed by atoms with Gasteiger partial charge in [0.15, 0.2) is 5.82 Å². The molecule has 0 atom stereocenters. The van der Waals surface area contributed by atoms with Crippen molar-refractivity contribution >= 4 is 31.5 Å². The van der Waals surface area contributed by atoms with Crippen LogP contribution in [0.25, 0.3) is 76.3 Å². The number of rotatable bonds is 4. The summed E-state index contributed by atoms with van der Waals surface area (Å²) in [5.74, 6) is 0.736. The van der Waals surface area contributed by atoms with E-state index in [9.17, 15) is 0 Å². The molecule has 218 valence electrons. The van der Waals surface area contributed by atoms with Gasteiger partial charge in [-0.3, -0.25) is 4.98 Å². The Hall–Kier alpha value is -5.45. The highest BCUT2D eigenvalue weighted by atomic mass is 32.1. The van der Waals surface area contributed by atoms with Crippen LogP contribution in [-0.4, -0.2) is 15.0 Å². The highest BCUT2D eigenvalue weighted by molar-refractivity contribution is 7.26. The molecule has 0 spiro atoms. The fourth-order valence-electron chi connectivity index (χ4n) is 7.12. The zero-order valence-corrected chi connectivity index (χ0v) is 26.3. The molecule has 3 heterocycles. The third kappa shape index (κ3) is 4.14. The highest BCUT2D eigenvalue weighted by Gasteiger charge is 2.40. The Morgan fingerprint density at radius 1 is 0.522 bits per heavy atom. The van der Waals surface area contributed by atoms with Gasteiger partial charge >= 0.3 is 0 Å². The molecule has 3 aromatic heterocycles. The summed E-state index contributed by atoms with van der Waals surface area (Å²) in [6, 6.07) is 45.6. The van der Waals surface area contributed by atoms with Gasteiger partial charge in [-0.15, -0.1) is 11.3 Å². The molecule has 0 N–H and O–H groups in total. The van der Waals surface area contributed by atoms with Crippen LogP contribution in [-0.2, 0) is 5.41 Å². The van der Waals surface area contributed by atoms with Gasteiger partial charge in [-0.05, 0) is 52.1 Å². The molecule has 0 amide bonds. The van der Waals surface area contributed by atoms with Gasteiger partial charge in [0.2, 0.25) is 0 Å². The zero-order valence-electron chi connectivity index (χ0n) is 25.5. The van der Waals surface area contributed by atoms with Gasteiger partial charge < -0.3 is 0 Å². The SMILES string of the molecule is CC1(C)c2ccccc2-c2nc(-c3ccc(-c4ccncc4)cc3)nc(-c3cccc(-c4cccc5c4sc4ccccc45)c3)c21. The lowest BCUT2D eigenvalue weighted by Crippen LogP contribution is -2.17. The van der Waals surface area contributed by atoms with E-state index in [2.05, 4.69) is 134 Å². The van der Waals surface area contributed by atoms with Crippen LogP contribution in [0.15, 0.2) is 140 Å². The van der Waals surface area contributed by atoms with Crippen molar-refractivity contribution in [3.8, 4) is 56.2 Å². The standard InChI is InChI=1S/C42H29N3S/c1-42(2)35-15-5-3-12-34(35)39-37(42)38(44-41(45-39)28-19-17-26(18-20-28)27-21-23-43-24-22-27)30-10-7-9-29(25-30)31-13-8-14-33-32-11-4-6-16-36(32)46-40(31)33/h3-25H,1-2H3. The first-order valence-corrected chi connectivity index (χ1v) is 16.4. The Labute approximate surface area is 271 Å². The van der Waals surface area contributed by atoms with Crippen molar-refractivity contribution in [2.45, 2.75) is 19.3 Å². The van der Waals surface area contributed by atoms with E-state index in [1.54, 1.807) is 0 Å². The highest BCUT2D eigenvalue weighted by Crippen LogP contribution is 2.51. The molecule has 3 nitrogen and oxygen atoms in total. The third-order valence-electron chi connectivity index (χ3n) is 9.40. The average Bonchev–Trinajstić information content (AvgIpc) is 3.61. The summed E-state index contributed by atoms with van der Waals surface area (Å²) in [4.78, 5) is 14.8. The second-order valence-electron chi connectivity index (χ2n) is 12.5. The van der Waals surface area contributed by atoms with Gasteiger partial charge in [0.25, 0.3) is 0 Å². The molecule has 0 radical (unpaired) electrons. The summed E-state index contributed by atoms with van der Waals surface area (Å²) in [6.45, 7) is 4.60. The van der Waals surface area contributed by atoms with E-state index >= 15 is 0 Å². The van der Waals surface area contributed by atoms with E-state index in [1.165, 1.54) is 48.0 Å². The lowest BCUT2D eigenvalue weighted by molar-refractivity contribution is 0.658. The van der Waals surface area contributed by atoms with Gasteiger partial charge in [0.05, 0.1) is 11.4 Å². The maximum absolute atomic E-state index is 5.38. The lowest BCUT2D eigenvalue weighted by atomic mass is 9.80. The summed E-state index contributed by atoms with van der Waals surface area (Å²) < 4.78 is 2.63. The fourth-order valence-corrected chi connectivity index (χ4v) is 8.36. The number of fused-ring (bicyclic) bond motifs is 6. The molecular formula is C42H29N3S. The molecule has 4 heteroatoms. The number of hydrogen-bond donors (Lipinski definition) is 0. The first-order valence-electron chi connectivity index (χ1n) is 15.6. The number of nitrogens with zero attached hydrogens (tertiary/aromatic N) is 3. The number of aromatic nitrogens is 3. The van der Waals surface area contributed by atoms with Crippen LogP contribution < -0.4 is 0 Å². The topological polar surface area (TPSA) is 38.7 Å². The van der Waals surface area contributed by atoms with Gasteiger partial charge in [-0.1, -0.05) is 117 Å². The van der Waals surface area contributed by atoms with Crippen LogP contribution in [0.4, 0.5) is 0 Å². The van der Waals surface area contributed by atoms with Crippen LogP contribution in [0.3, 0.4) is 0 Å². The van der Waals surface area contributed by atoms with Crippen LogP contribution in [0.5, 0.6) is 0 Å². The van der Waals surface area contributed by atoms with E-state index in [1.807, 2.05) is 35.9 Å². The van der Waals surface area contributed by atoms with Crippen LogP contribution in [0, 0.1) is 0 Å². The van der Waals surface area contributed by atoms with E-state index in [4.69, 9.17) is 9.97 Å². The minimum Gasteiger partial charge on any atom is -0.265 e. The van der Waals surface area contributed by atoms with E-state index in [0.29, 0.717) is 0 Å². The molecule has 46 heavy (non-hydrogen) atoms. The van der Waals surface area contributed by atoms with Crippen molar-refractivity contribution in [3.63, 3.8) is 0 Å². The molecule has 0 saturated heterocycles. The maximum Gasteiger partial charge on any atom is 0.160 e. The number of hydrogen-bond acceptors (Lipinski definition) is 4. The molecule has 1 aliphatic carbocycles. The van der Waals surface area contributed by atoms with Crippen molar-refractivity contribution in [1.82, 2.24) is 15.0 Å². The van der Waals surface area contributed by atoms with E-state index in [0.717, 1.165) is 39.5 Å². The zero-order chi connectivity index (χ0) is 30.8. The quantitative estimate of drug-likeness (QED) is 0.200. The summed E-state index contributed by atoms with van der Waals surface area (Å²) >= 11 is 1.87. The number of thiophene rings is 1. The minimum atomic E-state index is -0.244. The van der Waals surface area contributed by atoms with Crippen molar-refractivity contribution in [2.75, 3.05) is 0 Å². The largest absolute Gasteiger partial charge is 0.265 e. The molecule has 9 rings (SSSR count). The first kappa shape index (κ1) is 26.9. The fraction of sp³-hybridized carbons (Fsp3) is 0.0714. The van der Waals surface area contributed by atoms with Gasteiger partial charge in [0.1, 0.15) is 0 Å². The molecule has 0 fully saturated rings.